The number of aliphatic carboxylic acids is 1. The number of nitrogens with one attached hydrogen (secondary N) is 1. The molecule has 0 aliphatic carbocycles. The summed E-state index contributed by atoms with van der Waals surface area (Å²) in [6.07, 6.45) is 0.983. The zero-order chi connectivity index (χ0) is 11.9. The molecule has 2 N–H and O–H groups in total. The summed E-state index contributed by atoms with van der Waals surface area (Å²) < 4.78 is -0.0813. The van der Waals surface area contributed by atoms with E-state index in [1.165, 1.54) is 11.8 Å². The van der Waals surface area contributed by atoms with Crippen molar-refractivity contribution in [2.45, 2.75) is 38.4 Å². The highest BCUT2D eigenvalue weighted by Gasteiger charge is 2.20. The number of thioether (sulfide) groups is 1. The fourth-order valence-corrected chi connectivity index (χ4v) is 2.13. The monoisotopic (exact) mass is 233 g/mol. The van der Waals surface area contributed by atoms with Crippen LogP contribution in [-0.4, -0.2) is 34.0 Å². The largest absolute Gasteiger partial charge is 0.481 e. The van der Waals surface area contributed by atoms with Gasteiger partial charge in [0.25, 0.3) is 0 Å². The molecule has 5 heteroatoms. The number of hydrogen-bond acceptors (Lipinski definition) is 4. The fourth-order valence-electron chi connectivity index (χ4n) is 1.15. The molecule has 0 rings (SSSR count). The first-order valence-corrected chi connectivity index (χ1v) is 5.77. The van der Waals surface area contributed by atoms with Gasteiger partial charge in [-0.15, -0.1) is 0 Å². The minimum absolute atomic E-state index is 0.0813. The molecule has 0 heterocycles. The second-order valence-electron chi connectivity index (χ2n) is 4.00. The van der Waals surface area contributed by atoms with Crippen LogP contribution >= 0.6 is 11.8 Å². The van der Waals surface area contributed by atoms with E-state index < -0.39 is 5.97 Å². The smallest absolute Gasteiger partial charge is 0.304 e. The molecule has 0 aromatic rings. The van der Waals surface area contributed by atoms with Crippen molar-refractivity contribution >= 4 is 22.8 Å². The maximum atomic E-state index is 10.9. The van der Waals surface area contributed by atoms with Crippen molar-refractivity contribution in [1.29, 1.82) is 0 Å². The maximum Gasteiger partial charge on any atom is 0.304 e. The van der Waals surface area contributed by atoms with Crippen LogP contribution in [0.25, 0.3) is 0 Å². The number of carboxylic acid groups (broad SMARTS) is 1. The first kappa shape index (κ1) is 14.5. The van der Waals surface area contributed by atoms with Gasteiger partial charge in [-0.25, -0.2) is 0 Å². The van der Waals surface area contributed by atoms with Gasteiger partial charge in [0.2, 0.25) is 0 Å². The Morgan fingerprint density at radius 1 is 1.33 bits per heavy atom. The van der Waals surface area contributed by atoms with E-state index in [4.69, 9.17) is 5.11 Å². The lowest BCUT2D eigenvalue weighted by Crippen LogP contribution is -2.26. The molecule has 0 saturated heterocycles. The van der Waals surface area contributed by atoms with E-state index in [-0.39, 0.29) is 16.3 Å². The van der Waals surface area contributed by atoms with Gasteiger partial charge in [-0.2, -0.15) is 0 Å². The summed E-state index contributed by atoms with van der Waals surface area (Å²) in [6.45, 7) is 6.80. The molecule has 4 nitrogen and oxygen atoms in total. The molecule has 0 saturated carbocycles. The third-order valence-corrected chi connectivity index (χ3v) is 2.88. The molecule has 0 spiro atoms. The summed E-state index contributed by atoms with van der Waals surface area (Å²) in [5.74, 6) is -0.792. The van der Waals surface area contributed by atoms with Gasteiger partial charge in [0.05, 0.1) is 6.42 Å². The Labute approximate surface area is 94.8 Å². The highest BCUT2D eigenvalue weighted by atomic mass is 32.2. The van der Waals surface area contributed by atoms with Crippen LogP contribution in [0, 0.1) is 0 Å². The highest BCUT2D eigenvalue weighted by Crippen LogP contribution is 2.27. The second kappa shape index (κ2) is 6.85. The summed E-state index contributed by atoms with van der Waals surface area (Å²) in [5.41, 5.74) is 0. The summed E-state index contributed by atoms with van der Waals surface area (Å²) >= 11 is 1.33. The van der Waals surface area contributed by atoms with Crippen LogP contribution in [0.4, 0.5) is 0 Å². The van der Waals surface area contributed by atoms with Gasteiger partial charge in [-0.3, -0.25) is 9.59 Å². The van der Waals surface area contributed by atoms with Crippen LogP contribution in [0.15, 0.2) is 0 Å². The van der Waals surface area contributed by atoms with Gasteiger partial charge in [-0.05, 0) is 13.0 Å². The lowest BCUT2D eigenvalue weighted by molar-refractivity contribution is -0.136. The van der Waals surface area contributed by atoms with Gasteiger partial charge in [0.15, 0.2) is 5.12 Å². The molecule has 0 bridgehead atoms. The van der Waals surface area contributed by atoms with E-state index in [1.807, 2.05) is 13.8 Å². The molecule has 0 radical (unpaired) electrons. The molecule has 0 aliphatic rings. The molecular formula is C10H19NO3S. The van der Waals surface area contributed by atoms with Crippen molar-refractivity contribution in [2.75, 3.05) is 13.1 Å². The molecule has 0 unspecified atom stereocenters. The highest BCUT2D eigenvalue weighted by molar-refractivity contribution is 8.14. The number of carboxylic acids is 1. The van der Waals surface area contributed by atoms with Gasteiger partial charge in [0.1, 0.15) is 0 Å². The van der Waals surface area contributed by atoms with Crippen LogP contribution < -0.4 is 5.32 Å². The van der Waals surface area contributed by atoms with Crippen molar-refractivity contribution in [3.8, 4) is 0 Å². The lowest BCUT2D eigenvalue weighted by atomic mass is 10.1. The molecule has 88 valence electrons. The summed E-state index contributed by atoms with van der Waals surface area (Å²) in [5, 5.41) is 11.6. The van der Waals surface area contributed by atoms with Crippen LogP contribution in [0.1, 0.15) is 33.6 Å². The van der Waals surface area contributed by atoms with Gasteiger partial charge < -0.3 is 10.4 Å². The quantitative estimate of drug-likeness (QED) is 0.652. The van der Waals surface area contributed by atoms with Crippen molar-refractivity contribution < 1.29 is 14.7 Å². The lowest BCUT2D eigenvalue weighted by Gasteiger charge is -2.22. The Hall–Kier alpha value is -0.550. The van der Waals surface area contributed by atoms with Crippen LogP contribution in [-0.2, 0) is 9.59 Å². The summed E-state index contributed by atoms with van der Waals surface area (Å²) in [6, 6.07) is 0. The van der Waals surface area contributed by atoms with Gasteiger partial charge in [0, 0.05) is 18.2 Å². The number of hydrogen-bond donors (Lipinski definition) is 2. The molecule has 0 aliphatic heterocycles. The minimum atomic E-state index is -0.792. The molecule has 0 aromatic heterocycles. The van der Waals surface area contributed by atoms with Gasteiger partial charge >= 0.3 is 5.97 Å². The molecule has 0 aromatic carbocycles. The van der Waals surface area contributed by atoms with E-state index in [9.17, 15) is 9.59 Å². The summed E-state index contributed by atoms with van der Waals surface area (Å²) in [7, 11) is 0. The van der Waals surface area contributed by atoms with E-state index in [1.54, 1.807) is 6.92 Å². The molecule has 15 heavy (non-hydrogen) atoms. The first-order chi connectivity index (χ1) is 6.83. The average molecular weight is 233 g/mol. The van der Waals surface area contributed by atoms with E-state index >= 15 is 0 Å². The van der Waals surface area contributed by atoms with Gasteiger partial charge in [-0.1, -0.05) is 25.6 Å². The Morgan fingerprint density at radius 3 is 2.40 bits per heavy atom. The Balaban J connectivity index is 3.57. The SMILES string of the molecule is CC(=O)SC(C)(C)CCNCCC(=O)O. The minimum Gasteiger partial charge on any atom is -0.481 e. The average Bonchev–Trinajstić information content (AvgIpc) is 1.99. The number of carbonyl (C=O) groups is 2. The zero-order valence-electron chi connectivity index (χ0n) is 9.50. The Morgan fingerprint density at radius 2 is 1.93 bits per heavy atom. The van der Waals surface area contributed by atoms with E-state index in [0.717, 1.165) is 13.0 Å². The van der Waals surface area contributed by atoms with Crippen LogP contribution in [0.2, 0.25) is 0 Å². The Bertz CT molecular complexity index is 229. The number of carbonyl (C=O) groups excluding carboxylic acids is 1. The zero-order valence-corrected chi connectivity index (χ0v) is 10.3. The third kappa shape index (κ3) is 9.75. The number of rotatable bonds is 7. The second-order valence-corrected chi connectivity index (χ2v) is 5.88. The first-order valence-electron chi connectivity index (χ1n) is 4.95. The maximum absolute atomic E-state index is 10.9. The van der Waals surface area contributed by atoms with Crippen molar-refractivity contribution in [3.63, 3.8) is 0 Å². The molecule has 0 amide bonds. The third-order valence-electron chi connectivity index (χ3n) is 1.84. The normalized spacial score (nSPS) is 11.4. The van der Waals surface area contributed by atoms with Crippen LogP contribution in [0.3, 0.4) is 0 Å². The van der Waals surface area contributed by atoms with Crippen molar-refractivity contribution in [2.24, 2.45) is 0 Å². The Kier molecular flexibility index (Phi) is 6.60. The standard InChI is InChI=1S/C10H19NO3S/c1-8(12)15-10(2,3)5-7-11-6-4-9(13)14/h11H,4-7H2,1-3H3,(H,13,14). The van der Waals surface area contributed by atoms with Crippen LogP contribution in [0.5, 0.6) is 0 Å². The summed E-state index contributed by atoms with van der Waals surface area (Å²) in [4.78, 5) is 21.1. The fraction of sp³-hybridized carbons (Fsp3) is 0.800. The molecule has 0 fully saturated rings. The van der Waals surface area contributed by atoms with Crippen molar-refractivity contribution in [3.05, 3.63) is 0 Å². The molecular weight excluding hydrogens is 214 g/mol. The van der Waals surface area contributed by atoms with E-state index in [2.05, 4.69) is 5.32 Å². The molecule has 0 atom stereocenters. The predicted molar refractivity (Wildman–Crippen MR) is 62.1 cm³/mol. The topological polar surface area (TPSA) is 66.4 Å². The van der Waals surface area contributed by atoms with Crippen molar-refractivity contribution in [1.82, 2.24) is 5.32 Å². The van der Waals surface area contributed by atoms with E-state index in [0.29, 0.717) is 6.54 Å². The predicted octanol–water partition coefficient (Wildman–Crippen LogP) is 1.50.